The van der Waals surface area contributed by atoms with E-state index in [1.165, 1.54) is 11.1 Å². The maximum absolute atomic E-state index is 15.6. The second-order valence-corrected chi connectivity index (χ2v) is 15.1. The van der Waals surface area contributed by atoms with E-state index in [4.69, 9.17) is 9.47 Å². The van der Waals surface area contributed by atoms with Gasteiger partial charge in [-0.25, -0.2) is 0 Å². The molecular formula is C37H62N8O3. The van der Waals surface area contributed by atoms with Gasteiger partial charge in [0.1, 0.15) is 12.1 Å². The lowest BCUT2D eigenvalue weighted by atomic mass is 9.94. The van der Waals surface area contributed by atoms with Gasteiger partial charge in [0.15, 0.2) is 5.78 Å². The fraction of sp³-hybridized carbons (Fsp3) is 0.757. The molecule has 4 saturated heterocycles. The molecule has 2 aromatic rings. The second kappa shape index (κ2) is 16.3. The minimum absolute atomic E-state index is 0.309. The van der Waals surface area contributed by atoms with Crippen molar-refractivity contribution >= 4 is 5.78 Å². The van der Waals surface area contributed by atoms with Crippen molar-refractivity contribution < 1.29 is 14.3 Å². The van der Waals surface area contributed by atoms with Crippen LogP contribution in [0.1, 0.15) is 62.3 Å². The number of carbonyl (C=O) groups is 1. The predicted molar refractivity (Wildman–Crippen MR) is 190 cm³/mol. The van der Waals surface area contributed by atoms with E-state index in [2.05, 4.69) is 105 Å². The molecule has 6 rings (SSSR count). The molecule has 0 aliphatic carbocycles. The number of Topliss-reactive ketones (excluding diaryl/α,β-unsaturated/α-hetero) is 1. The summed E-state index contributed by atoms with van der Waals surface area (Å²) in [5.41, 5.74) is 4.80. The summed E-state index contributed by atoms with van der Waals surface area (Å²) in [5.74, 6) is 0.309. The first-order valence-electron chi connectivity index (χ1n) is 18.6. The number of aromatic nitrogens is 2. The van der Waals surface area contributed by atoms with E-state index in [0.29, 0.717) is 17.9 Å². The number of nitrogens with zero attached hydrogens (tertiary/aromatic N) is 8. The van der Waals surface area contributed by atoms with Crippen molar-refractivity contribution in [2.24, 2.45) is 14.1 Å². The molecule has 0 aromatic carbocycles. The van der Waals surface area contributed by atoms with Crippen LogP contribution < -0.4 is 0 Å². The van der Waals surface area contributed by atoms with Crippen molar-refractivity contribution in [2.75, 3.05) is 105 Å². The summed E-state index contributed by atoms with van der Waals surface area (Å²) in [7, 11) is 4.28. The fourth-order valence-corrected chi connectivity index (χ4v) is 8.26. The number of ether oxygens (including phenoxy) is 2. The standard InChI is InChI=1S/C37H62N8O3/c1-29(2)42-7-11-44(12-8-42)35(33-23-31(25-38(33)5)27-40-15-19-47-20-16-40)37(46)36(45-13-9-43(10-14-45)30(3)4)34-24-32(26-39(34)6)28-41-17-21-48-22-18-41/h23-26,29-30,35-36H,7-22,27-28H2,1-6H3. The van der Waals surface area contributed by atoms with Crippen LogP contribution in [0, 0.1) is 0 Å². The van der Waals surface area contributed by atoms with E-state index in [-0.39, 0.29) is 12.1 Å². The molecule has 11 nitrogen and oxygen atoms in total. The molecule has 0 saturated carbocycles. The molecule has 0 bridgehead atoms. The highest BCUT2D eigenvalue weighted by atomic mass is 16.5. The van der Waals surface area contributed by atoms with Gasteiger partial charge in [0.25, 0.3) is 0 Å². The van der Waals surface area contributed by atoms with E-state index in [9.17, 15) is 0 Å². The van der Waals surface area contributed by atoms with Crippen molar-refractivity contribution in [3.8, 4) is 0 Å². The Hall–Kier alpha value is -2.09. The highest BCUT2D eigenvalue weighted by Gasteiger charge is 2.41. The molecule has 268 valence electrons. The highest BCUT2D eigenvalue weighted by molar-refractivity contribution is 5.90. The number of aryl methyl sites for hydroxylation is 2. The highest BCUT2D eigenvalue weighted by Crippen LogP contribution is 2.35. The number of carbonyl (C=O) groups excluding carboxylic acids is 1. The molecule has 0 radical (unpaired) electrons. The fourth-order valence-electron chi connectivity index (χ4n) is 8.26. The lowest BCUT2D eigenvalue weighted by Crippen LogP contribution is -2.55. The minimum atomic E-state index is -0.312. The van der Waals surface area contributed by atoms with Gasteiger partial charge in [0, 0.05) is 142 Å². The molecule has 0 N–H and O–H groups in total. The minimum Gasteiger partial charge on any atom is -0.379 e. The third kappa shape index (κ3) is 8.43. The van der Waals surface area contributed by atoms with E-state index in [1.54, 1.807) is 0 Å². The number of rotatable bonds is 12. The first-order valence-corrected chi connectivity index (χ1v) is 18.6. The van der Waals surface area contributed by atoms with Crippen LogP contribution in [-0.4, -0.2) is 161 Å². The van der Waals surface area contributed by atoms with Crippen molar-refractivity contribution in [1.82, 2.24) is 38.5 Å². The Balaban J connectivity index is 1.34. The van der Waals surface area contributed by atoms with E-state index in [1.807, 2.05) is 0 Å². The van der Waals surface area contributed by atoms with Crippen LogP contribution in [0.2, 0.25) is 0 Å². The van der Waals surface area contributed by atoms with Crippen LogP contribution >= 0.6 is 0 Å². The predicted octanol–water partition coefficient (Wildman–Crippen LogP) is 2.43. The van der Waals surface area contributed by atoms with Crippen molar-refractivity contribution in [1.29, 1.82) is 0 Å². The normalized spacial score (nSPS) is 23.3. The number of hydrogen-bond donors (Lipinski definition) is 0. The third-order valence-corrected chi connectivity index (χ3v) is 11.2. The molecule has 0 spiro atoms. The Bertz CT molecular complexity index is 1210. The number of morpholine rings is 2. The summed E-state index contributed by atoms with van der Waals surface area (Å²) in [5, 5.41) is 0. The first-order chi connectivity index (χ1) is 23.2. The van der Waals surface area contributed by atoms with Crippen molar-refractivity contribution in [3.63, 3.8) is 0 Å². The Kier molecular flexibility index (Phi) is 12.1. The topological polar surface area (TPSA) is 64.8 Å². The maximum atomic E-state index is 15.6. The molecular weight excluding hydrogens is 604 g/mol. The first kappa shape index (κ1) is 35.7. The van der Waals surface area contributed by atoms with Gasteiger partial charge in [-0.3, -0.25) is 34.2 Å². The summed E-state index contributed by atoms with van der Waals surface area (Å²) < 4.78 is 15.7. The molecule has 11 heteroatoms. The van der Waals surface area contributed by atoms with Crippen LogP contribution in [0.15, 0.2) is 24.5 Å². The Morgan fingerprint density at radius 3 is 1.23 bits per heavy atom. The third-order valence-electron chi connectivity index (χ3n) is 11.2. The van der Waals surface area contributed by atoms with Gasteiger partial charge in [-0.15, -0.1) is 0 Å². The van der Waals surface area contributed by atoms with E-state index < -0.39 is 0 Å². The van der Waals surface area contributed by atoms with Crippen LogP contribution in [0.25, 0.3) is 0 Å². The smallest absolute Gasteiger partial charge is 0.179 e. The summed E-state index contributed by atoms with van der Waals surface area (Å²) in [6.45, 7) is 25.4. The zero-order valence-electron chi connectivity index (χ0n) is 30.6. The zero-order valence-corrected chi connectivity index (χ0v) is 30.6. The molecule has 48 heavy (non-hydrogen) atoms. The Morgan fingerprint density at radius 2 is 0.896 bits per heavy atom. The molecule has 4 aliphatic heterocycles. The lowest BCUT2D eigenvalue weighted by molar-refractivity contribution is -0.132. The van der Waals surface area contributed by atoms with Crippen LogP contribution in [0.4, 0.5) is 0 Å². The molecule has 6 heterocycles. The van der Waals surface area contributed by atoms with Crippen molar-refractivity contribution in [2.45, 2.75) is 65.0 Å². The zero-order chi connectivity index (χ0) is 33.8. The van der Waals surface area contributed by atoms with Gasteiger partial charge in [-0.2, -0.15) is 0 Å². The van der Waals surface area contributed by atoms with Crippen LogP contribution in [0.5, 0.6) is 0 Å². The van der Waals surface area contributed by atoms with Gasteiger partial charge in [-0.05, 0) is 51.0 Å². The monoisotopic (exact) mass is 666 g/mol. The van der Waals surface area contributed by atoms with Crippen LogP contribution in [0.3, 0.4) is 0 Å². The average molecular weight is 667 g/mol. The second-order valence-electron chi connectivity index (χ2n) is 15.1. The SMILES string of the molecule is CC(C)N1CCN(C(C(=O)C(c2cc(CN3CCOCC3)cn2C)N2CCN(C(C)C)CC2)c2cc(CN3CCOCC3)cn2C)CC1. The average Bonchev–Trinajstić information content (AvgIpc) is 3.62. The summed E-state index contributed by atoms with van der Waals surface area (Å²) in [4.78, 5) is 30.6. The molecule has 2 atom stereocenters. The van der Waals surface area contributed by atoms with E-state index in [0.717, 1.165) is 129 Å². The van der Waals surface area contributed by atoms with Crippen LogP contribution in [-0.2, 0) is 41.5 Å². The summed E-state index contributed by atoms with van der Waals surface area (Å²) in [6, 6.07) is 5.05. The van der Waals surface area contributed by atoms with Gasteiger partial charge in [0.2, 0.25) is 0 Å². The lowest BCUT2D eigenvalue weighted by Gasteiger charge is -2.44. The number of ketones is 1. The molecule has 0 amide bonds. The molecule has 4 fully saturated rings. The number of piperazine rings is 2. The van der Waals surface area contributed by atoms with Gasteiger partial charge >= 0.3 is 0 Å². The largest absolute Gasteiger partial charge is 0.379 e. The maximum Gasteiger partial charge on any atom is 0.179 e. The summed E-state index contributed by atoms with van der Waals surface area (Å²) in [6.07, 6.45) is 4.52. The number of hydrogen-bond acceptors (Lipinski definition) is 9. The van der Waals surface area contributed by atoms with Gasteiger partial charge < -0.3 is 18.6 Å². The molecule has 2 aromatic heterocycles. The Labute approximate surface area is 289 Å². The van der Waals surface area contributed by atoms with Gasteiger partial charge in [0.05, 0.1) is 26.4 Å². The Morgan fingerprint density at radius 1 is 0.562 bits per heavy atom. The quantitative estimate of drug-likeness (QED) is 0.340. The summed E-state index contributed by atoms with van der Waals surface area (Å²) >= 11 is 0. The molecule has 2 unspecified atom stereocenters. The van der Waals surface area contributed by atoms with Crippen molar-refractivity contribution in [3.05, 3.63) is 47.0 Å². The molecule has 4 aliphatic rings. The van der Waals surface area contributed by atoms with E-state index >= 15 is 4.79 Å². The van der Waals surface area contributed by atoms with Gasteiger partial charge in [-0.1, -0.05) is 0 Å².